The molecule has 3 aromatic carbocycles. The van der Waals surface area contributed by atoms with E-state index < -0.39 is 0 Å². The average Bonchev–Trinajstić information content (AvgIpc) is 2.92. The summed E-state index contributed by atoms with van der Waals surface area (Å²) in [5.41, 5.74) is 7.38. The lowest BCUT2D eigenvalue weighted by Gasteiger charge is -2.18. The Bertz CT molecular complexity index is 1020. The summed E-state index contributed by atoms with van der Waals surface area (Å²) in [6.45, 7) is 0.632. The molecule has 0 atom stereocenters. The highest BCUT2D eigenvalue weighted by Gasteiger charge is 2.17. The Morgan fingerprint density at radius 2 is 1.50 bits per heavy atom. The molecule has 0 aliphatic heterocycles. The van der Waals surface area contributed by atoms with Crippen LogP contribution in [0.15, 0.2) is 78.9 Å². The SMILES string of the molecule is CN(CCC=C1c2ccccc2CCc2ccccc21)C(=O)Nc1ccc(Cl)cc1. The van der Waals surface area contributed by atoms with E-state index in [1.807, 2.05) is 7.05 Å². The van der Waals surface area contributed by atoms with Crippen molar-refractivity contribution in [3.8, 4) is 0 Å². The second-order valence-electron chi connectivity index (χ2n) is 7.58. The lowest BCUT2D eigenvalue weighted by atomic mass is 9.93. The Balaban J connectivity index is 1.49. The summed E-state index contributed by atoms with van der Waals surface area (Å²) in [5.74, 6) is 0. The molecule has 0 bridgehead atoms. The number of nitrogens with zero attached hydrogens (tertiary/aromatic N) is 1. The molecule has 30 heavy (non-hydrogen) atoms. The molecule has 0 aromatic heterocycles. The Hall–Kier alpha value is -3.04. The van der Waals surface area contributed by atoms with Gasteiger partial charge < -0.3 is 10.2 Å². The van der Waals surface area contributed by atoms with Crippen LogP contribution in [0.1, 0.15) is 28.7 Å². The number of amides is 2. The lowest BCUT2D eigenvalue weighted by molar-refractivity contribution is 0.223. The van der Waals surface area contributed by atoms with Gasteiger partial charge in [0.25, 0.3) is 0 Å². The van der Waals surface area contributed by atoms with Crippen molar-refractivity contribution in [2.75, 3.05) is 18.9 Å². The number of nitrogens with one attached hydrogen (secondary N) is 1. The minimum Gasteiger partial charge on any atom is -0.327 e. The number of rotatable bonds is 4. The van der Waals surface area contributed by atoms with Gasteiger partial charge in [0.15, 0.2) is 0 Å². The number of hydrogen-bond acceptors (Lipinski definition) is 1. The maximum atomic E-state index is 12.5. The number of carbonyl (C=O) groups is 1. The van der Waals surface area contributed by atoms with Gasteiger partial charge in [0.05, 0.1) is 0 Å². The fraction of sp³-hybridized carbons (Fsp3) is 0.192. The quantitative estimate of drug-likeness (QED) is 0.522. The summed E-state index contributed by atoms with van der Waals surface area (Å²) in [6, 6.07) is 24.3. The van der Waals surface area contributed by atoms with Gasteiger partial charge in [-0.3, -0.25) is 0 Å². The van der Waals surface area contributed by atoms with E-state index in [2.05, 4.69) is 59.9 Å². The highest BCUT2D eigenvalue weighted by atomic mass is 35.5. The molecule has 0 radical (unpaired) electrons. The summed E-state index contributed by atoms with van der Waals surface area (Å²) in [7, 11) is 1.82. The van der Waals surface area contributed by atoms with Crippen molar-refractivity contribution in [3.05, 3.63) is 106 Å². The Kier molecular flexibility index (Phi) is 6.20. The molecule has 2 amide bonds. The molecule has 0 saturated heterocycles. The number of hydrogen-bond donors (Lipinski definition) is 1. The summed E-state index contributed by atoms with van der Waals surface area (Å²) in [4.78, 5) is 14.2. The number of fused-ring (bicyclic) bond motifs is 2. The standard InChI is InChI=1S/C26H25ClN2O/c1-29(26(30)28-22-16-14-21(27)15-17-22)18-6-11-25-23-9-4-2-7-19(23)12-13-20-8-3-5-10-24(20)25/h2-5,7-11,14-17H,6,12-13,18H2,1H3,(H,28,30). The van der Waals surface area contributed by atoms with Crippen LogP contribution in [-0.4, -0.2) is 24.5 Å². The van der Waals surface area contributed by atoms with E-state index in [9.17, 15) is 4.79 Å². The zero-order valence-corrected chi connectivity index (χ0v) is 17.8. The molecule has 3 nitrogen and oxygen atoms in total. The summed E-state index contributed by atoms with van der Waals surface area (Å²) in [6.07, 6.45) is 5.15. The topological polar surface area (TPSA) is 32.3 Å². The maximum absolute atomic E-state index is 12.5. The van der Waals surface area contributed by atoms with Gasteiger partial charge in [-0.1, -0.05) is 66.2 Å². The Morgan fingerprint density at radius 3 is 2.10 bits per heavy atom. The van der Waals surface area contributed by atoms with Crippen LogP contribution in [0.5, 0.6) is 0 Å². The van der Waals surface area contributed by atoms with Crippen molar-refractivity contribution in [3.63, 3.8) is 0 Å². The van der Waals surface area contributed by atoms with Gasteiger partial charge in [0.1, 0.15) is 0 Å². The van der Waals surface area contributed by atoms with Gasteiger partial charge in [-0.25, -0.2) is 4.79 Å². The second-order valence-corrected chi connectivity index (χ2v) is 8.02. The largest absolute Gasteiger partial charge is 0.327 e. The van der Waals surface area contributed by atoms with E-state index in [1.54, 1.807) is 29.2 Å². The first kappa shape index (κ1) is 20.2. The third-order valence-corrected chi connectivity index (χ3v) is 5.79. The molecule has 0 saturated carbocycles. The Morgan fingerprint density at radius 1 is 0.933 bits per heavy atom. The van der Waals surface area contributed by atoms with Gasteiger partial charge in [-0.2, -0.15) is 0 Å². The first-order valence-electron chi connectivity index (χ1n) is 10.3. The number of benzene rings is 3. The van der Waals surface area contributed by atoms with Crippen LogP contribution in [0.25, 0.3) is 5.57 Å². The van der Waals surface area contributed by atoms with Crippen LogP contribution in [-0.2, 0) is 12.8 Å². The highest BCUT2D eigenvalue weighted by Crippen LogP contribution is 2.33. The minimum absolute atomic E-state index is 0.127. The fourth-order valence-electron chi connectivity index (χ4n) is 3.89. The molecule has 0 heterocycles. The third-order valence-electron chi connectivity index (χ3n) is 5.53. The predicted octanol–water partition coefficient (Wildman–Crippen LogP) is 6.42. The Labute approximate surface area is 183 Å². The van der Waals surface area contributed by atoms with Crippen LogP contribution in [0.3, 0.4) is 0 Å². The molecule has 0 unspecified atom stereocenters. The van der Waals surface area contributed by atoms with Gasteiger partial charge in [-0.15, -0.1) is 0 Å². The first-order valence-corrected chi connectivity index (χ1v) is 10.6. The number of halogens is 1. The number of carbonyl (C=O) groups excluding carboxylic acids is 1. The average molecular weight is 417 g/mol. The molecule has 4 rings (SSSR count). The fourth-order valence-corrected chi connectivity index (χ4v) is 4.02. The zero-order valence-electron chi connectivity index (χ0n) is 17.1. The van der Waals surface area contributed by atoms with E-state index in [-0.39, 0.29) is 6.03 Å². The van der Waals surface area contributed by atoms with Gasteiger partial charge >= 0.3 is 6.03 Å². The van der Waals surface area contributed by atoms with E-state index in [0.717, 1.165) is 24.9 Å². The summed E-state index contributed by atoms with van der Waals surface area (Å²) >= 11 is 5.91. The van der Waals surface area contributed by atoms with Gasteiger partial charge in [-0.05, 0) is 71.4 Å². The van der Waals surface area contributed by atoms with Crippen LogP contribution < -0.4 is 5.32 Å². The molecule has 152 valence electrons. The molecular weight excluding hydrogens is 392 g/mol. The minimum atomic E-state index is -0.127. The lowest BCUT2D eigenvalue weighted by Crippen LogP contribution is -2.31. The first-order chi connectivity index (χ1) is 14.6. The van der Waals surface area contributed by atoms with Crippen molar-refractivity contribution in [2.45, 2.75) is 19.3 Å². The smallest absolute Gasteiger partial charge is 0.321 e. The molecule has 3 aromatic rings. The van der Waals surface area contributed by atoms with Crippen molar-refractivity contribution in [1.29, 1.82) is 0 Å². The normalized spacial score (nSPS) is 12.4. The number of aryl methyl sites for hydroxylation is 2. The van der Waals surface area contributed by atoms with Crippen LogP contribution in [0, 0.1) is 0 Å². The maximum Gasteiger partial charge on any atom is 0.321 e. The second kappa shape index (κ2) is 9.19. The van der Waals surface area contributed by atoms with Gasteiger partial charge in [0.2, 0.25) is 0 Å². The van der Waals surface area contributed by atoms with E-state index in [4.69, 9.17) is 11.6 Å². The summed E-state index contributed by atoms with van der Waals surface area (Å²) in [5, 5.41) is 3.56. The molecular formula is C26H25ClN2O. The number of urea groups is 1. The highest BCUT2D eigenvalue weighted by molar-refractivity contribution is 6.30. The van der Waals surface area contributed by atoms with E-state index >= 15 is 0 Å². The molecule has 1 aliphatic carbocycles. The van der Waals surface area contributed by atoms with Gasteiger partial charge in [0, 0.05) is 24.3 Å². The molecule has 0 spiro atoms. The predicted molar refractivity (Wildman–Crippen MR) is 125 cm³/mol. The van der Waals surface area contributed by atoms with Crippen molar-refractivity contribution >= 4 is 28.9 Å². The molecule has 0 fully saturated rings. The van der Waals surface area contributed by atoms with Crippen LogP contribution in [0.2, 0.25) is 5.02 Å². The van der Waals surface area contributed by atoms with Crippen molar-refractivity contribution in [2.24, 2.45) is 0 Å². The molecule has 4 heteroatoms. The summed E-state index contributed by atoms with van der Waals surface area (Å²) < 4.78 is 0. The number of anilines is 1. The van der Waals surface area contributed by atoms with Crippen molar-refractivity contribution < 1.29 is 4.79 Å². The monoisotopic (exact) mass is 416 g/mol. The van der Waals surface area contributed by atoms with E-state index in [0.29, 0.717) is 11.6 Å². The van der Waals surface area contributed by atoms with Crippen LogP contribution >= 0.6 is 11.6 Å². The molecule has 1 aliphatic rings. The van der Waals surface area contributed by atoms with E-state index in [1.165, 1.54) is 27.8 Å². The zero-order chi connectivity index (χ0) is 20.9. The third kappa shape index (κ3) is 4.58. The molecule has 1 N–H and O–H groups in total. The van der Waals surface area contributed by atoms with Crippen molar-refractivity contribution in [1.82, 2.24) is 4.90 Å². The van der Waals surface area contributed by atoms with Crippen LogP contribution in [0.4, 0.5) is 10.5 Å².